The number of anilines is 3. The maximum Gasteiger partial charge on any atom is 0.294 e. The molecule has 0 radical (unpaired) electrons. The van der Waals surface area contributed by atoms with Crippen molar-refractivity contribution in [3.05, 3.63) is 186 Å². The molecule has 8 aromatic rings. The van der Waals surface area contributed by atoms with Crippen LogP contribution >= 0.6 is 11.3 Å². The van der Waals surface area contributed by atoms with E-state index in [1.165, 1.54) is 78.1 Å². The van der Waals surface area contributed by atoms with Crippen molar-refractivity contribution >= 4 is 81.2 Å². The highest BCUT2D eigenvalue weighted by atomic mass is 32.1. The van der Waals surface area contributed by atoms with Crippen LogP contribution < -0.4 is 31.9 Å². The van der Waals surface area contributed by atoms with Crippen LogP contribution in [0.4, 0.5) is 30.2 Å². The first-order chi connectivity index (χ1) is 46.1. The molecule has 0 bridgehead atoms. The van der Waals surface area contributed by atoms with Crippen molar-refractivity contribution in [2.75, 3.05) is 22.5 Å². The maximum absolute atomic E-state index is 13.6. The summed E-state index contributed by atoms with van der Waals surface area (Å²) in [6.45, 7) is 17.0. The van der Waals surface area contributed by atoms with Crippen LogP contribution in [-0.2, 0) is 58.8 Å². The number of nitrogens with zero attached hydrogens (tertiary/aromatic N) is 6. The van der Waals surface area contributed by atoms with Crippen molar-refractivity contribution in [2.24, 2.45) is 0 Å². The zero-order valence-corrected chi connectivity index (χ0v) is 56.1. The number of benzene rings is 3. The van der Waals surface area contributed by atoms with Crippen molar-refractivity contribution in [1.82, 2.24) is 44.8 Å². The van der Waals surface area contributed by atoms with Crippen LogP contribution in [0.2, 0.25) is 0 Å². The van der Waals surface area contributed by atoms with E-state index in [0.29, 0.717) is 118 Å². The first-order valence-corrected chi connectivity index (χ1v) is 32.8. The van der Waals surface area contributed by atoms with E-state index >= 15 is 0 Å². The molecule has 23 nitrogen and oxygen atoms in total. The van der Waals surface area contributed by atoms with E-state index in [0.717, 1.165) is 49.1 Å². The molecule has 7 N–H and O–H groups in total. The summed E-state index contributed by atoms with van der Waals surface area (Å²) in [5, 5.41) is 30.1. The second kappa shape index (κ2) is 30.7. The number of halogens is 3. The van der Waals surface area contributed by atoms with E-state index in [-0.39, 0.29) is 47.0 Å². The van der Waals surface area contributed by atoms with Gasteiger partial charge in [0.1, 0.15) is 28.5 Å². The minimum Gasteiger partial charge on any atom is -0.391 e. The molecule has 2 atom stereocenters. The van der Waals surface area contributed by atoms with Gasteiger partial charge in [-0.25, -0.2) is 18.2 Å². The number of thiazole rings is 1. The fourth-order valence-electron chi connectivity index (χ4n) is 11.6. The van der Waals surface area contributed by atoms with Crippen LogP contribution in [0.3, 0.4) is 0 Å². The summed E-state index contributed by atoms with van der Waals surface area (Å²) in [6.07, 6.45) is 8.49. The molecule has 5 aromatic heterocycles. The van der Waals surface area contributed by atoms with Crippen LogP contribution in [0.5, 0.6) is 0 Å². The zero-order valence-electron chi connectivity index (χ0n) is 55.3. The van der Waals surface area contributed by atoms with Gasteiger partial charge in [-0.2, -0.15) is 4.98 Å². The Bertz CT molecular complexity index is 4390. The molecule has 6 amide bonds. The minimum atomic E-state index is -0.828. The molecule has 0 saturated heterocycles. The van der Waals surface area contributed by atoms with Gasteiger partial charge in [0.15, 0.2) is 5.82 Å². The number of aryl methyl sites for hydroxylation is 5. The largest absolute Gasteiger partial charge is 0.391 e. The summed E-state index contributed by atoms with van der Waals surface area (Å²) in [5.41, 5.74) is 5.45. The van der Waals surface area contributed by atoms with E-state index in [9.17, 15) is 61.4 Å². The van der Waals surface area contributed by atoms with Gasteiger partial charge in [-0.05, 0) is 209 Å². The lowest BCUT2D eigenvalue weighted by Gasteiger charge is -2.24. The Balaban J connectivity index is 0.000000171. The molecule has 3 aliphatic heterocycles. The Morgan fingerprint density at radius 2 is 0.990 bits per heavy atom. The van der Waals surface area contributed by atoms with Gasteiger partial charge in [0.2, 0.25) is 5.89 Å². The number of aromatic nitrogens is 6. The van der Waals surface area contributed by atoms with Gasteiger partial charge in [-0.3, -0.25) is 43.2 Å². The number of hydrogen-bond donors (Lipinski definition) is 7. The molecule has 3 aromatic carbocycles. The fourth-order valence-corrected chi connectivity index (χ4v) is 12.4. The van der Waals surface area contributed by atoms with Gasteiger partial charge in [-0.15, -0.1) is 11.3 Å². The molecular formula is C70H77F3N12O11S. The van der Waals surface area contributed by atoms with Crippen molar-refractivity contribution in [2.45, 2.75) is 164 Å². The van der Waals surface area contributed by atoms with Crippen LogP contribution in [-0.4, -0.2) is 99.4 Å². The summed E-state index contributed by atoms with van der Waals surface area (Å²) < 4.78 is 50.9. The fraction of sp³-hybridized carbons (Fsp3) is 0.371. The number of carbonyl (C=O) groups is 9. The standard InChI is InChI=1S/C25H27FN4O3S.C23H24FN5O4.C22H26FN3O4/c1-14-11-16(8-9-18(14)26)28-22(32)17-12-20(30-10-6-5-7-19(17)30)21(31)23(33)29-25(3,4)24-27-13-15(2)34-24;1-12-10-15(7-8-17(12)24)27-21(31)16-11-19(29-9-5-4-6-18(16)29)20(30)22(32)25-13(2)23-26-14(3)28-33-23;1-3-15(27)12-24-22(30)20(28)19-11-16(18-6-4-5-9-26(18)19)21(29)25-14-7-8-17(23)13(2)10-14/h8-9,11-13H,5-7,10H2,1-4H3,(H,28,32)(H,29,33);7-8,10-11,13H,4-6,9H2,1-3H3,(H,25,32)(H,27,31);7-8,10-11,15,27H,3-6,9,12H2,1-2H3,(H,24,30)(H,25,29)/t;;15-/m..0/s1. The molecule has 0 fully saturated rings. The maximum atomic E-state index is 13.6. The number of Topliss-reactive ketones (excluding diaryl/α,β-unsaturated/α-hetero) is 3. The smallest absolute Gasteiger partial charge is 0.294 e. The molecule has 1 unspecified atom stereocenters. The molecule has 3 aliphatic rings. The second-order valence-corrected chi connectivity index (χ2v) is 26.0. The highest BCUT2D eigenvalue weighted by molar-refractivity contribution is 7.11. The number of rotatable bonds is 19. The summed E-state index contributed by atoms with van der Waals surface area (Å²) >= 11 is 1.46. The SMILES string of the molecule is CC[C@H](O)CNC(=O)C(=O)c1cc(C(=O)Nc2ccc(F)c(C)c2)c2n1CCCC2.Cc1cnc(C(C)(C)NC(=O)C(=O)c2cc(C(=O)Nc3ccc(F)c(C)c3)c3n2CCCC3)s1.Cc1noc(C(C)NC(=O)C(=O)c2cc(C(=O)Nc3ccc(F)c(C)c3)c3n2CCCC3)n1. The molecule has 8 heterocycles. The molecule has 0 spiro atoms. The Morgan fingerprint density at radius 3 is 1.35 bits per heavy atom. The molecular weight excluding hydrogens is 1270 g/mol. The highest BCUT2D eigenvalue weighted by Crippen LogP contribution is 2.31. The van der Waals surface area contributed by atoms with Gasteiger partial charge in [0, 0.05) is 71.4 Å². The lowest BCUT2D eigenvalue weighted by atomic mass is 10.1. The minimum absolute atomic E-state index is 0.00804. The number of ketones is 3. The van der Waals surface area contributed by atoms with Crippen LogP contribution in [0.15, 0.2) is 83.5 Å². The number of amides is 6. The van der Waals surface area contributed by atoms with E-state index in [1.54, 1.807) is 81.4 Å². The van der Waals surface area contributed by atoms with E-state index in [2.05, 4.69) is 47.0 Å². The average Bonchev–Trinajstić information content (AvgIpc) is 1.65. The molecule has 97 heavy (non-hydrogen) atoms. The Morgan fingerprint density at radius 1 is 0.588 bits per heavy atom. The predicted octanol–water partition coefficient (Wildman–Crippen LogP) is 10.4. The molecule has 510 valence electrons. The summed E-state index contributed by atoms with van der Waals surface area (Å²) in [6, 6.07) is 16.7. The summed E-state index contributed by atoms with van der Waals surface area (Å²) in [7, 11) is 0. The first-order valence-electron chi connectivity index (χ1n) is 32.0. The Kier molecular flexibility index (Phi) is 22.5. The number of fused-ring (bicyclic) bond motifs is 3. The number of nitrogens with one attached hydrogen (secondary N) is 6. The molecule has 11 rings (SSSR count). The summed E-state index contributed by atoms with van der Waals surface area (Å²) in [5.74, 6) is -6.25. The third-order valence-electron chi connectivity index (χ3n) is 16.9. The van der Waals surface area contributed by atoms with Gasteiger partial charge in [-0.1, -0.05) is 12.1 Å². The molecule has 0 aliphatic carbocycles. The lowest BCUT2D eigenvalue weighted by molar-refractivity contribution is -0.119. The average molecular weight is 1350 g/mol. The van der Waals surface area contributed by atoms with Gasteiger partial charge >= 0.3 is 0 Å². The predicted molar refractivity (Wildman–Crippen MR) is 355 cm³/mol. The van der Waals surface area contributed by atoms with E-state index in [4.69, 9.17) is 4.52 Å². The van der Waals surface area contributed by atoms with Crippen molar-refractivity contribution in [1.29, 1.82) is 0 Å². The first kappa shape index (κ1) is 71.2. The van der Waals surface area contributed by atoms with Gasteiger partial charge < -0.3 is 55.2 Å². The number of aliphatic hydroxyl groups excluding tert-OH is 1. The third kappa shape index (κ3) is 16.7. The van der Waals surface area contributed by atoms with Crippen LogP contribution in [0.25, 0.3) is 0 Å². The van der Waals surface area contributed by atoms with Crippen LogP contribution in [0, 0.1) is 52.1 Å². The number of hydrogen-bond acceptors (Lipinski definition) is 15. The highest BCUT2D eigenvalue weighted by Gasteiger charge is 2.35. The second-order valence-electron chi connectivity index (χ2n) is 24.7. The van der Waals surface area contributed by atoms with Gasteiger partial charge in [0.25, 0.3) is 52.8 Å². The normalized spacial score (nSPS) is 13.7. The van der Waals surface area contributed by atoms with E-state index < -0.39 is 70.5 Å². The van der Waals surface area contributed by atoms with Crippen LogP contribution in [0.1, 0.15) is 197 Å². The summed E-state index contributed by atoms with van der Waals surface area (Å²) in [4.78, 5) is 125. The Labute approximate surface area is 561 Å². The molecule has 0 saturated carbocycles. The van der Waals surface area contributed by atoms with Crippen molar-refractivity contribution in [3.63, 3.8) is 0 Å². The third-order valence-corrected chi connectivity index (χ3v) is 18.1. The topological polar surface area (TPSA) is 313 Å². The number of carbonyl (C=O) groups excluding carboxylic acids is 9. The Hall–Kier alpha value is -10.2. The molecule has 27 heteroatoms. The monoisotopic (exact) mass is 1350 g/mol. The zero-order chi connectivity index (χ0) is 70.2. The lowest BCUT2D eigenvalue weighted by Crippen LogP contribution is -2.44. The van der Waals surface area contributed by atoms with Crippen molar-refractivity contribution < 1.29 is 66.0 Å². The quantitative estimate of drug-likeness (QED) is 0.0293. The van der Waals surface area contributed by atoms with Gasteiger partial charge in [0.05, 0.1) is 45.4 Å². The van der Waals surface area contributed by atoms with E-state index in [1.807, 2.05) is 6.92 Å². The van der Waals surface area contributed by atoms with Crippen molar-refractivity contribution in [3.8, 4) is 0 Å². The number of aliphatic hydroxyl groups is 1.